The summed E-state index contributed by atoms with van der Waals surface area (Å²) in [5.41, 5.74) is 0. The highest BCUT2D eigenvalue weighted by molar-refractivity contribution is 5.71. The van der Waals surface area contributed by atoms with Crippen LogP contribution < -0.4 is 0 Å². The van der Waals surface area contributed by atoms with Gasteiger partial charge >= 0.3 is 17.9 Å². The van der Waals surface area contributed by atoms with Crippen molar-refractivity contribution in [2.45, 2.75) is 303 Å². The number of allylic oxidation sites excluding steroid dienone is 16. The van der Waals surface area contributed by atoms with Gasteiger partial charge in [-0.1, -0.05) is 279 Å². The van der Waals surface area contributed by atoms with Crippen molar-refractivity contribution in [3.05, 3.63) is 97.2 Å². The van der Waals surface area contributed by atoms with E-state index in [0.29, 0.717) is 19.3 Å². The molecule has 74 heavy (non-hydrogen) atoms. The smallest absolute Gasteiger partial charge is 0.306 e. The average molecular weight is 1030 g/mol. The van der Waals surface area contributed by atoms with E-state index in [0.717, 1.165) is 116 Å². The molecule has 6 heteroatoms. The summed E-state index contributed by atoms with van der Waals surface area (Å²) in [5.74, 6) is -0.883. The predicted molar refractivity (Wildman–Crippen MR) is 320 cm³/mol. The zero-order valence-corrected chi connectivity index (χ0v) is 48.6. The summed E-state index contributed by atoms with van der Waals surface area (Å²) < 4.78 is 16.9. The molecule has 0 saturated heterocycles. The van der Waals surface area contributed by atoms with Gasteiger partial charge in [0.2, 0.25) is 0 Å². The standard InChI is InChI=1S/C68H116O6/c1-4-7-10-13-16-19-22-24-26-28-29-30-31-32-33-34-35-36-37-38-39-41-42-44-46-49-52-55-58-61-67(70)73-64-65(63-72-66(69)60-57-54-51-48-21-18-15-12-9-6-3)74-68(71)62-59-56-53-50-47-45-43-40-27-25-23-20-17-14-11-8-5-2/h7-8,10-11,16-17,19-20,24-27,29-30,32-33,65H,4-6,9,12-15,18,21-23,28,31,34-64H2,1-3H3/b10-7-,11-8-,19-16-,20-17-,26-24-,27-25-,30-29-,33-32-. The van der Waals surface area contributed by atoms with Crippen molar-refractivity contribution in [1.29, 1.82) is 0 Å². The van der Waals surface area contributed by atoms with Gasteiger partial charge < -0.3 is 14.2 Å². The number of rotatable bonds is 56. The van der Waals surface area contributed by atoms with Crippen molar-refractivity contribution < 1.29 is 28.6 Å². The van der Waals surface area contributed by atoms with Crippen LogP contribution in [0.4, 0.5) is 0 Å². The maximum absolute atomic E-state index is 12.9. The Labute approximate surface area is 457 Å². The van der Waals surface area contributed by atoms with E-state index in [2.05, 4.69) is 118 Å². The summed E-state index contributed by atoms with van der Waals surface area (Å²) in [6.07, 6.45) is 82.8. The fourth-order valence-electron chi connectivity index (χ4n) is 8.72. The van der Waals surface area contributed by atoms with Gasteiger partial charge in [-0.05, 0) is 96.3 Å². The molecule has 0 aliphatic rings. The van der Waals surface area contributed by atoms with E-state index in [1.54, 1.807) is 0 Å². The van der Waals surface area contributed by atoms with Crippen LogP contribution in [0.5, 0.6) is 0 Å². The fourth-order valence-corrected chi connectivity index (χ4v) is 8.72. The van der Waals surface area contributed by atoms with E-state index in [-0.39, 0.29) is 31.1 Å². The summed E-state index contributed by atoms with van der Waals surface area (Å²) in [5, 5.41) is 0. The van der Waals surface area contributed by atoms with Gasteiger partial charge in [-0.2, -0.15) is 0 Å². The first-order valence-electron chi connectivity index (χ1n) is 31.2. The number of carbonyl (C=O) groups is 3. The number of esters is 3. The van der Waals surface area contributed by atoms with Crippen LogP contribution in [-0.4, -0.2) is 37.2 Å². The third kappa shape index (κ3) is 59.2. The normalized spacial score (nSPS) is 12.7. The second-order valence-electron chi connectivity index (χ2n) is 20.6. The van der Waals surface area contributed by atoms with E-state index < -0.39 is 6.10 Å². The van der Waals surface area contributed by atoms with Gasteiger partial charge in [-0.15, -0.1) is 0 Å². The van der Waals surface area contributed by atoms with Gasteiger partial charge in [0.15, 0.2) is 6.10 Å². The fraction of sp³-hybridized carbons (Fsp3) is 0.721. The molecule has 0 amide bonds. The third-order valence-electron chi connectivity index (χ3n) is 13.3. The highest BCUT2D eigenvalue weighted by Gasteiger charge is 2.19. The van der Waals surface area contributed by atoms with Crippen molar-refractivity contribution in [2.75, 3.05) is 13.2 Å². The molecule has 0 spiro atoms. The minimum Gasteiger partial charge on any atom is -0.462 e. The molecule has 0 rings (SSSR count). The largest absolute Gasteiger partial charge is 0.462 e. The lowest BCUT2D eigenvalue weighted by molar-refractivity contribution is -0.167. The predicted octanol–water partition coefficient (Wildman–Crippen LogP) is 21.3. The molecule has 0 aromatic carbocycles. The molecule has 0 heterocycles. The first-order chi connectivity index (χ1) is 36.5. The molecule has 0 N–H and O–H groups in total. The molecule has 0 aliphatic heterocycles. The number of unbranched alkanes of at least 4 members (excludes halogenated alkanes) is 29. The lowest BCUT2D eigenvalue weighted by Crippen LogP contribution is -2.30. The van der Waals surface area contributed by atoms with Crippen molar-refractivity contribution in [1.82, 2.24) is 0 Å². The summed E-state index contributed by atoms with van der Waals surface area (Å²) in [4.78, 5) is 38.2. The van der Waals surface area contributed by atoms with E-state index >= 15 is 0 Å². The highest BCUT2D eigenvalue weighted by atomic mass is 16.6. The van der Waals surface area contributed by atoms with Crippen LogP contribution in [0.15, 0.2) is 97.2 Å². The van der Waals surface area contributed by atoms with Crippen molar-refractivity contribution in [3.8, 4) is 0 Å². The van der Waals surface area contributed by atoms with Gasteiger partial charge in [0.05, 0.1) is 0 Å². The van der Waals surface area contributed by atoms with Gasteiger partial charge in [0.25, 0.3) is 0 Å². The number of ether oxygens (including phenoxy) is 3. The second kappa shape index (κ2) is 61.9. The molecule has 0 bridgehead atoms. The van der Waals surface area contributed by atoms with Crippen molar-refractivity contribution >= 4 is 17.9 Å². The topological polar surface area (TPSA) is 78.9 Å². The molecular formula is C68H116O6. The van der Waals surface area contributed by atoms with Crippen LogP contribution in [0, 0.1) is 0 Å². The minimum atomic E-state index is -0.781. The Morgan fingerprint density at radius 2 is 0.527 bits per heavy atom. The van der Waals surface area contributed by atoms with E-state index in [1.807, 2.05) is 0 Å². The molecule has 1 unspecified atom stereocenters. The van der Waals surface area contributed by atoms with E-state index in [4.69, 9.17) is 14.2 Å². The number of hydrogen-bond acceptors (Lipinski definition) is 6. The first kappa shape index (κ1) is 70.3. The monoisotopic (exact) mass is 1030 g/mol. The Morgan fingerprint density at radius 1 is 0.284 bits per heavy atom. The third-order valence-corrected chi connectivity index (χ3v) is 13.3. The van der Waals surface area contributed by atoms with Crippen LogP contribution in [0.3, 0.4) is 0 Å². The number of carbonyl (C=O) groups excluding carboxylic acids is 3. The maximum atomic E-state index is 12.9. The van der Waals surface area contributed by atoms with Gasteiger partial charge in [-0.25, -0.2) is 0 Å². The van der Waals surface area contributed by atoms with Crippen LogP contribution in [0.1, 0.15) is 297 Å². The molecule has 0 fully saturated rings. The van der Waals surface area contributed by atoms with E-state index in [9.17, 15) is 14.4 Å². The Morgan fingerprint density at radius 3 is 0.824 bits per heavy atom. The van der Waals surface area contributed by atoms with Crippen LogP contribution in [0.2, 0.25) is 0 Å². The molecule has 1 atom stereocenters. The average Bonchev–Trinajstić information content (AvgIpc) is 3.40. The van der Waals surface area contributed by atoms with Crippen LogP contribution >= 0.6 is 0 Å². The number of hydrogen-bond donors (Lipinski definition) is 0. The maximum Gasteiger partial charge on any atom is 0.306 e. The zero-order valence-electron chi connectivity index (χ0n) is 48.6. The second-order valence-corrected chi connectivity index (χ2v) is 20.6. The molecule has 0 saturated carbocycles. The van der Waals surface area contributed by atoms with Crippen LogP contribution in [-0.2, 0) is 28.6 Å². The lowest BCUT2D eigenvalue weighted by atomic mass is 10.0. The Balaban J connectivity index is 4.20. The minimum absolute atomic E-state index is 0.0788. The Hall–Kier alpha value is -3.67. The van der Waals surface area contributed by atoms with Crippen LogP contribution in [0.25, 0.3) is 0 Å². The molecular weight excluding hydrogens is 913 g/mol. The van der Waals surface area contributed by atoms with Gasteiger partial charge in [-0.3, -0.25) is 14.4 Å². The Bertz CT molecular complexity index is 1460. The van der Waals surface area contributed by atoms with Gasteiger partial charge in [0.1, 0.15) is 13.2 Å². The summed E-state index contributed by atoms with van der Waals surface area (Å²) >= 11 is 0. The molecule has 424 valence electrons. The lowest BCUT2D eigenvalue weighted by Gasteiger charge is -2.18. The summed E-state index contributed by atoms with van der Waals surface area (Å²) in [6, 6.07) is 0. The molecule has 0 aromatic rings. The molecule has 0 radical (unpaired) electrons. The Kier molecular flexibility index (Phi) is 58.8. The molecule has 0 aromatic heterocycles. The quantitative estimate of drug-likeness (QED) is 0.0261. The van der Waals surface area contributed by atoms with Gasteiger partial charge in [0, 0.05) is 19.3 Å². The SMILES string of the molecule is CC/C=C\C/C=C\C/C=C\C/C=C\C/C=C\CCCCCCCCCCCCCCCC(=O)OCC(COC(=O)CCCCCCCCCCCC)OC(=O)CCCCCCCCC/C=C\C/C=C\C/C=C\CC. The zero-order chi connectivity index (χ0) is 53.6. The first-order valence-corrected chi connectivity index (χ1v) is 31.2. The summed E-state index contributed by atoms with van der Waals surface area (Å²) in [6.45, 7) is 6.41. The molecule has 0 aliphatic carbocycles. The van der Waals surface area contributed by atoms with Crippen molar-refractivity contribution in [3.63, 3.8) is 0 Å². The summed E-state index contributed by atoms with van der Waals surface area (Å²) in [7, 11) is 0. The van der Waals surface area contributed by atoms with Crippen molar-refractivity contribution in [2.24, 2.45) is 0 Å². The highest BCUT2D eigenvalue weighted by Crippen LogP contribution is 2.16. The van der Waals surface area contributed by atoms with E-state index in [1.165, 1.54) is 141 Å². The molecule has 6 nitrogen and oxygen atoms in total.